The van der Waals surface area contributed by atoms with Crippen molar-refractivity contribution >= 4 is 0 Å². The minimum absolute atomic E-state index is 0.414. The van der Waals surface area contributed by atoms with Crippen LogP contribution in [0.25, 0.3) is 0 Å². The zero-order valence-corrected chi connectivity index (χ0v) is 16.6. The first kappa shape index (κ1) is 22.0. The molecule has 0 bridgehead atoms. The molecule has 134 valence electrons. The quantitative estimate of drug-likeness (QED) is 0.621. The predicted molar refractivity (Wildman–Crippen MR) is 105 cm³/mol. The van der Waals surface area contributed by atoms with E-state index in [0.717, 1.165) is 22.3 Å². The van der Waals surface area contributed by atoms with Crippen molar-refractivity contribution in [3.05, 3.63) is 58.1 Å². The topological polar surface area (TPSA) is 40.5 Å². The zero-order valence-electron chi connectivity index (χ0n) is 16.6. The fourth-order valence-corrected chi connectivity index (χ4v) is 2.13. The summed E-state index contributed by atoms with van der Waals surface area (Å²) in [7, 11) is 0. The molecule has 0 aliphatic rings. The summed E-state index contributed by atoms with van der Waals surface area (Å²) >= 11 is 0. The molecule has 0 aromatic heterocycles. The van der Waals surface area contributed by atoms with Gasteiger partial charge in [-0.2, -0.15) is 0 Å². The minimum Gasteiger partial charge on any atom is -0.507 e. The number of aromatic hydroxyl groups is 2. The maximum Gasteiger partial charge on any atom is 0.121 e. The standard InChI is InChI=1S/C11H16O.C8H10O.C3H8/c1-7(2)10-5-8(3)11(12)9(4)6-10;1-6-4-3-5-7(2)8(6)9;1-3-2/h5-7,12H,1-4H3;3-5,9H,1-2H3;3H2,1-2H3. The fourth-order valence-electron chi connectivity index (χ4n) is 2.13. The van der Waals surface area contributed by atoms with Crippen LogP contribution in [0.3, 0.4) is 0 Å². The Balaban J connectivity index is 0.000000390. The highest BCUT2D eigenvalue weighted by atomic mass is 16.3. The van der Waals surface area contributed by atoms with Crippen LogP contribution < -0.4 is 0 Å². The third kappa shape index (κ3) is 7.08. The van der Waals surface area contributed by atoms with Gasteiger partial charge < -0.3 is 10.2 Å². The van der Waals surface area contributed by atoms with Gasteiger partial charge in [0.05, 0.1) is 0 Å². The van der Waals surface area contributed by atoms with Crippen LogP contribution in [0.1, 0.15) is 67.9 Å². The first-order chi connectivity index (χ1) is 11.1. The van der Waals surface area contributed by atoms with Crippen molar-refractivity contribution in [2.75, 3.05) is 0 Å². The van der Waals surface area contributed by atoms with Gasteiger partial charge in [0.25, 0.3) is 0 Å². The molecule has 0 saturated carbocycles. The van der Waals surface area contributed by atoms with E-state index in [1.54, 1.807) is 0 Å². The Morgan fingerprint density at radius 1 is 0.750 bits per heavy atom. The molecule has 24 heavy (non-hydrogen) atoms. The first-order valence-corrected chi connectivity index (χ1v) is 8.70. The molecule has 0 unspecified atom stereocenters. The Morgan fingerprint density at radius 3 is 1.38 bits per heavy atom. The number of aryl methyl sites for hydroxylation is 4. The SMILES string of the molecule is CCC.Cc1cc(C(C)C)cc(C)c1O.Cc1cccc(C)c1O. The number of para-hydroxylation sites is 1. The van der Waals surface area contributed by atoms with E-state index in [1.807, 2.05) is 58.0 Å². The smallest absolute Gasteiger partial charge is 0.121 e. The summed E-state index contributed by atoms with van der Waals surface area (Å²) < 4.78 is 0. The molecular weight excluding hydrogens is 296 g/mol. The molecule has 2 aromatic rings. The Hall–Kier alpha value is -1.96. The van der Waals surface area contributed by atoms with E-state index < -0.39 is 0 Å². The summed E-state index contributed by atoms with van der Waals surface area (Å²) in [6, 6.07) is 9.81. The zero-order chi connectivity index (χ0) is 18.9. The number of hydrogen-bond acceptors (Lipinski definition) is 2. The summed E-state index contributed by atoms with van der Waals surface area (Å²) in [5.74, 6) is 1.37. The second kappa shape index (κ2) is 10.7. The van der Waals surface area contributed by atoms with Crippen molar-refractivity contribution in [3.63, 3.8) is 0 Å². The van der Waals surface area contributed by atoms with E-state index in [-0.39, 0.29) is 0 Å². The molecule has 0 aliphatic heterocycles. The highest BCUT2D eigenvalue weighted by Gasteiger charge is 2.05. The highest BCUT2D eigenvalue weighted by molar-refractivity contribution is 5.43. The Labute approximate surface area is 148 Å². The van der Waals surface area contributed by atoms with Gasteiger partial charge in [-0.1, -0.05) is 64.4 Å². The van der Waals surface area contributed by atoms with Gasteiger partial charge in [0.1, 0.15) is 11.5 Å². The summed E-state index contributed by atoms with van der Waals surface area (Å²) in [4.78, 5) is 0. The molecule has 0 fully saturated rings. The minimum atomic E-state index is 0.414. The summed E-state index contributed by atoms with van der Waals surface area (Å²) in [6.07, 6.45) is 1.25. The highest BCUT2D eigenvalue weighted by Crippen LogP contribution is 2.26. The molecule has 0 saturated heterocycles. The normalized spacial score (nSPS) is 9.71. The maximum absolute atomic E-state index is 9.51. The van der Waals surface area contributed by atoms with Crippen LogP contribution in [0.4, 0.5) is 0 Å². The van der Waals surface area contributed by atoms with Crippen molar-refractivity contribution in [2.24, 2.45) is 0 Å². The van der Waals surface area contributed by atoms with Crippen LogP contribution in [-0.2, 0) is 0 Å². The molecular formula is C22H34O2. The molecule has 2 rings (SSSR count). The summed E-state index contributed by atoms with van der Waals surface area (Å²) in [5, 5.41) is 18.7. The van der Waals surface area contributed by atoms with Crippen LogP contribution in [0, 0.1) is 27.7 Å². The van der Waals surface area contributed by atoms with Gasteiger partial charge >= 0.3 is 0 Å². The second-order valence-corrected chi connectivity index (χ2v) is 6.61. The van der Waals surface area contributed by atoms with E-state index in [0.29, 0.717) is 17.4 Å². The van der Waals surface area contributed by atoms with Crippen LogP contribution in [0.15, 0.2) is 30.3 Å². The number of rotatable bonds is 1. The van der Waals surface area contributed by atoms with Gasteiger partial charge in [0.2, 0.25) is 0 Å². The van der Waals surface area contributed by atoms with E-state index >= 15 is 0 Å². The first-order valence-electron chi connectivity index (χ1n) is 8.70. The third-order valence-corrected chi connectivity index (χ3v) is 3.62. The molecule has 0 spiro atoms. The van der Waals surface area contributed by atoms with Gasteiger partial charge in [-0.15, -0.1) is 0 Å². The maximum atomic E-state index is 9.51. The van der Waals surface area contributed by atoms with Crippen LogP contribution >= 0.6 is 0 Å². The summed E-state index contributed by atoms with van der Waals surface area (Å²) in [6.45, 7) is 16.2. The lowest BCUT2D eigenvalue weighted by atomic mass is 9.98. The van der Waals surface area contributed by atoms with E-state index in [9.17, 15) is 10.2 Å². The van der Waals surface area contributed by atoms with Crippen molar-refractivity contribution in [3.8, 4) is 11.5 Å². The van der Waals surface area contributed by atoms with E-state index in [2.05, 4.69) is 27.7 Å². The Morgan fingerprint density at radius 2 is 1.08 bits per heavy atom. The molecule has 0 atom stereocenters. The molecule has 0 radical (unpaired) electrons. The molecule has 0 heterocycles. The summed E-state index contributed by atoms with van der Waals surface area (Å²) in [5.41, 5.74) is 5.12. The van der Waals surface area contributed by atoms with Gasteiger partial charge in [-0.05, 0) is 61.4 Å². The van der Waals surface area contributed by atoms with Gasteiger partial charge in [-0.25, -0.2) is 0 Å². The number of phenolic OH excluding ortho intramolecular Hbond substituents is 2. The van der Waals surface area contributed by atoms with Gasteiger partial charge in [-0.3, -0.25) is 0 Å². The number of phenols is 2. The monoisotopic (exact) mass is 330 g/mol. The predicted octanol–water partition coefficient (Wildman–Crippen LogP) is 6.56. The Kier molecular flexibility index (Phi) is 9.87. The van der Waals surface area contributed by atoms with Crippen LogP contribution in [0.2, 0.25) is 0 Å². The number of benzene rings is 2. The lowest BCUT2D eigenvalue weighted by Gasteiger charge is -2.10. The fraction of sp³-hybridized carbons (Fsp3) is 0.455. The van der Waals surface area contributed by atoms with Crippen molar-refractivity contribution in [1.29, 1.82) is 0 Å². The number of hydrogen-bond donors (Lipinski definition) is 2. The molecule has 0 aliphatic carbocycles. The largest absolute Gasteiger partial charge is 0.507 e. The molecule has 2 nitrogen and oxygen atoms in total. The Bertz CT molecular complexity index is 585. The lowest BCUT2D eigenvalue weighted by Crippen LogP contribution is -1.90. The average molecular weight is 331 g/mol. The van der Waals surface area contributed by atoms with Gasteiger partial charge in [0.15, 0.2) is 0 Å². The van der Waals surface area contributed by atoms with Crippen LogP contribution in [-0.4, -0.2) is 10.2 Å². The third-order valence-electron chi connectivity index (χ3n) is 3.62. The van der Waals surface area contributed by atoms with Crippen molar-refractivity contribution in [1.82, 2.24) is 0 Å². The molecule has 0 amide bonds. The average Bonchev–Trinajstić information content (AvgIpc) is 2.51. The second-order valence-electron chi connectivity index (χ2n) is 6.61. The molecule has 2 heteroatoms. The van der Waals surface area contributed by atoms with Gasteiger partial charge in [0, 0.05) is 0 Å². The lowest BCUT2D eigenvalue weighted by molar-refractivity contribution is 0.466. The van der Waals surface area contributed by atoms with E-state index in [4.69, 9.17) is 0 Å². The van der Waals surface area contributed by atoms with Crippen molar-refractivity contribution < 1.29 is 10.2 Å². The van der Waals surface area contributed by atoms with E-state index in [1.165, 1.54) is 12.0 Å². The van der Waals surface area contributed by atoms with Crippen molar-refractivity contribution in [2.45, 2.75) is 67.7 Å². The molecule has 2 N–H and O–H groups in total. The van der Waals surface area contributed by atoms with Crippen LogP contribution in [0.5, 0.6) is 11.5 Å². The molecule has 2 aromatic carbocycles.